The molecule has 0 unspecified atom stereocenters. The third-order valence-electron chi connectivity index (χ3n) is 8.97. The monoisotopic (exact) mass is 708 g/mol. The summed E-state index contributed by atoms with van der Waals surface area (Å²) in [5, 5.41) is 15.7. The van der Waals surface area contributed by atoms with E-state index < -0.39 is 79.7 Å². The van der Waals surface area contributed by atoms with Crippen molar-refractivity contribution >= 4 is 44.6 Å². The van der Waals surface area contributed by atoms with Crippen LogP contribution in [0.5, 0.6) is 5.88 Å². The van der Waals surface area contributed by atoms with Crippen molar-refractivity contribution < 1.29 is 37.1 Å². The predicted octanol–water partition coefficient (Wildman–Crippen LogP) is 3.06. The van der Waals surface area contributed by atoms with Crippen molar-refractivity contribution in [1.82, 2.24) is 25.2 Å². The highest BCUT2D eigenvalue weighted by Gasteiger charge is 2.62. The standard InChI is InChI=1S/C35H44N6O8S/c1-8-21-17-35(21,31(44)40-50(46,47)24-13-14-24)39-28(42)26-16-23(48-29-25-12-10-9-11-20(25)15-22(18-36)37-29)19-41(26)30(43)27(33(2,3)4)38-32(45)49-34(5,6)7/h8-12,15,21,23-24,26-27H,1,13-14,16-17,19H2,2-7H3,(H,38,45)(H,39,42)(H,40,44)/t21-,23-,26+,27-,35-/m1/s1. The number of likely N-dealkylation sites (tertiary alicyclic amines) is 1. The molecule has 2 heterocycles. The van der Waals surface area contributed by atoms with Crippen LogP contribution in [0.4, 0.5) is 4.79 Å². The Labute approximate surface area is 292 Å². The average molecular weight is 709 g/mol. The summed E-state index contributed by atoms with van der Waals surface area (Å²) in [4.78, 5) is 60.6. The smallest absolute Gasteiger partial charge is 0.408 e. The van der Waals surface area contributed by atoms with Crippen molar-refractivity contribution in [2.45, 2.75) is 102 Å². The first-order valence-electron chi connectivity index (χ1n) is 16.5. The number of carbonyl (C=O) groups is 4. The van der Waals surface area contributed by atoms with E-state index in [1.165, 1.54) is 11.0 Å². The Balaban J connectivity index is 1.46. The Morgan fingerprint density at radius 1 is 1.14 bits per heavy atom. The van der Waals surface area contributed by atoms with Crippen LogP contribution in [0, 0.1) is 22.7 Å². The van der Waals surface area contributed by atoms with Crippen LogP contribution < -0.4 is 20.1 Å². The topological polar surface area (TPSA) is 197 Å². The van der Waals surface area contributed by atoms with Crippen LogP contribution in [0.3, 0.4) is 0 Å². The largest absolute Gasteiger partial charge is 0.472 e. The van der Waals surface area contributed by atoms with Gasteiger partial charge in [-0.25, -0.2) is 18.2 Å². The van der Waals surface area contributed by atoms with Crippen molar-refractivity contribution in [1.29, 1.82) is 5.26 Å². The van der Waals surface area contributed by atoms with Crippen molar-refractivity contribution in [3.8, 4) is 11.9 Å². The molecular weight excluding hydrogens is 664 g/mol. The molecule has 15 heteroatoms. The predicted molar refractivity (Wildman–Crippen MR) is 183 cm³/mol. The highest BCUT2D eigenvalue weighted by atomic mass is 32.2. The number of hydrogen-bond acceptors (Lipinski definition) is 10. The molecule has 14 nitrogen and oxygen atoms in total. The van der Waals surface area contributed by atoms with Crippen LogP contribution in [0.2, 0.25) is 0 Å². The first-order valence-corrected chi connectivity index (χ1v) is 18.1. The van der Waals surface area contributed by atoms with Crippen molar-refractivity contribution in [3.63, 3.8) is 0 Å². The van der Waals surface area contributed by atoms with Gasteiger partial charge in [0.05, 0.1) is 11.8 Å². The minimum Gasteiger partial charge on any atom is -0.472 e. The minimum absolute atomic E-state index is 0.0372. The molecule has 1 aliphatic heterocycles. The highest BCUT2D eigenvalue weighted by Crippen LogP contribution is 2.45. The lowest BCUT2D eigenvalue weighted by molar-refractivity contribution is -0.143. The highest BCUT2D eigenvalue weighted by molar-refractivity contribution is 7.91. The van der Waals surface area contributed by atoms with Gasteiger partial charge < -0.3 is 25.0 Å². The molecule has 50 heavy (non-hydrogen) atoms. The maximum absolute atomic E-state index is 14.4. The molecule has 2 aliphatic carbocycles. The first kappa shape index (κ1) is 36.6. The van der Waals surface area contributed by atoms with Crippen molar-refractivity contribution in [2.75, 3.05) is 6.54 Å². The van der Waals surface area contributed by atoms with Crippen LogP contribution in [0.25, 0.3) is 10.8 Å². The molecule has 5 rings (SSSR count). The summed E-state index contributed by atoms with van der Waals surface area (Å²) < 4.78 is 39.2. The number of nitrogens with zero attached hydrogens (tertiary/aromatic N) is 3. The molecule has 4 amide bonds. The zero-order chi connectivity index (χ0) is 36.8. The summed E-state index contributed by atoms with van der Waals surface area (Å²) in [6.07, 6.45) is 0.841. The Bertz CT molecular complexity index is 1870. The number of rotatable bonds is 10. The molecule has 2 aromatic rings. The van der Waals surface area contributed by atoms with E-state index in [4.69, 9.17) is 9.47 Å². The Morgan fingerprint density at radius 3 is 2.40 bits per heavy atom. The number of fused-ring (bicyclic) bond motifs is 1. The van der Waals surface area contributed by atoms with Crippen LogP contribution in [0.15, 0.2) is 43.0 Å². The number of aromatic nitrogens is 1. The molecule has 0 radical (unpaired) electrons. The van der Waals surface area contributed by atoms with E-state index in [9.17, 15) is 32.9 Å². The van der Waals surface area contributed by atoms with E-state index in [-0.39, 0.29) is 31.0 Å². The summed E-state index contributed by atoms with van der Waals surface area (Å²) in [6, 6.07) is 8.50. The number of sulfonamides is 1. The van der Waals surface area contributed by atoms with E-state index in [0.717, 1.165) is 0 Å². The second kappa shape index (κ2) is 13.2. The van der Waals surface area contributed by atoms with E-state index in [1.807, 2.05) is 12.1 Å². The SMILES string of the molecule is C=C[C@@H]1C[C@]1(NC(=O)[C@@H]1C[C@@H](Oc2nc(C#N)cc3ccccc23)CN1C(=O)[C@@H](NC(=O)OC(C)(C)C)C(C)(C)C)C(=O)NS(=O)(=O)C1CC1. The summed E-state index contributed by atoms with van der Waals surface area (Å²) >= 11 is 0. The second-order valence-electron chi connectivity index (χ2n) is 15.3. The fourth-order valence-corrected chi connectivity index (χ4v) is 7.47. The molecular formula is C35H44N6O8S. The molecule has 5 atom stereocenters. The lowest BCUT2D eigenvalue weighted by Crippen LogP contribution is -2.60. The van der Waals surface area contributed by atoms with E-state index in [0.29, 0.717) is 23.6 Å². The summed E-state index contributed by atoms with van der Waals surface area (Å²) in [5.74, 6) is -2.56. The van der Waals surface area contributed by atoms with Gasteiger partial charge in [-0.3, -0.25) is 19.1 Å². The van der Waals surface area contributed by atoms with Crippen molar-refractivity contribution in [3.05, 3.63) is 48.7 Å². The Kier molecular flexibility index (Phi) is 9.66. The number of nitriles is 1. The second-order valence-corrected chi connectivity index (χ2v) is 17.2. The third-order valence-corrected chi connectivity index (χ3v) is 10.8. The van der Waals surface area contributed by atoms with Gasteiger partial charge >= 0.3 is 6.09 Å². The van der Waals surface area contributed by atoms with Gasteiger partial charge in [-0.1, -0.05) is 45.0 Å². The Hall–Kier alpha value is -4.71. The number of pyridine rings is 1. The fourth-order valence-electron chi connectivity index (χ4n) is 6.11. The van der Waals surface area contributed by atoms with E-state index in [1.54, 1.807) is 65.8 Å². The third kappa shape index (κ3) is 7.85. The normalized spacial score (nSPS) is 24.0. The number of amides is 4. The van der Waals surface area contributed by atoms with Crippen LogP contribution in [0.1, 0.15) is 72.9 Å². The van der Waals surface area contributed by atoms with Gasteiger partial charge in [0, 0.05) is 17.7 Å². The lowest BCUT2D eigenvalue weighted by atomic mass is 9.85. The van der Waals surface area contributed by atoms with E-state index >= 15 is 0 Å². The molecule has 3 N–H and O–H groups in total. The molecule has 3 aliphatic rings. The maximum atomic E-state index is 14.4. The number of alkyl carbamates (subject to hydrolysis) is 1. The quantitative estimate of drug-likeness (QED) is 0.309. The summed E-state index contributed by atoms with van der Waals surface area (Å²) in [7, 11) is -3.91. The molecule has 268 valence electrons. The average Bonchev–Trinajstić information content (AvgIpc) is 3.95. The summed E-state index contributed by atoms with van der Waals surface area (Å²) in [5.41, 5.74) is -3.14. The van der Waals surface area contributed by atoms with Crippen molar-refractivity contribution in [2.24, 2.45) is 11.3 Å². The molecule has 0 spiro atoms. The molecule has 1 aromatic carbocycles. The van der Waals surface area contributed by atoms with Crippen LogP contribution in [-0.4, -0.2) is 83.2 Å². The minimum atomic E-state index is -3.91. The van der Waals surface area contributed by atoms with Crippen LogP contribution >= 0.6 is 0 Å². The number of benzene rings is 1. The number of ether oxygens (including phenoxy) is 2. The maximum Gasteiger partial charge on any atom is 0.408 e. The lowest BCUT2D eigenvalue weighted by Gasteiger charge is -2.36. The van der Waals surface area contributed by atoms with Gasteiger partial charge in [0.25, 0.3) is 5.91 Å². The fraction of sp³-hybridized carbons (Fsp3) is 0.543. The van der Waals surface area contributed by atoms with E-state index in [2.05, 4.69) is 26.9 Å². The molecule has 3 fully saturated rings. The van der Waals surface area contributed by atoms with Gasteiger partial charge in [-0.05, 0) is 63.0 Å². The van der Waals surface area contributed by atoms with Gasteiger partial charge in [-0.15, -0.1) is 6.58 Å². The van der Waals surface area contributed by atoms with Gasteiger partial charge in [0.1, 0.15) is 41.1 Å². The van der Waals surface area contributed by atoms with Gasteiger partial charge in [0.15, 0.2) is 0 Å². The molecule has 0 bridgehead atoms. The number of nitrogens with one attached hydrogen (secondary N) is 3. The zero-order valence-corrected chi connectivity index (χ0v) is 29.9. The number of carbonyl (C=O) groups excluding carboxylic acids is 4. The Morgan fingerprint density at radius 2 is 1.82 bits per heavy atom. The number of hydrogen-bond donors (Lipinski definition) is 3. The molecule has 1 saturated heterocycles. The van der Waals surface area contributed by atoms with Crippen LogP contribution in [-0.2, 0) is 29.1 Å². The first-order chi connectivity index (χ1) is 23.3. The summed E-state index contributed by atoms with van der Waals surface area (Å²) in [6.45, 7) is 14.0. The zero-order valence-electron chi connectivity index (χ0n) is 29.1. The van der Waals surface area contributed by atoms with Gasteiger partial charge in [-0.2, -0.15) is 5.26 Å². The van der Waals surface area contributed by atoms with Gasteiger partial charge in [0.2, 0.25) is 27.7 Å². The molecule has 2 saturated carbocycles. The molecule has 1 aromatic heterocycles.